The van der Waals surface area contributed by atoms with Gasteiger partial charge in [-0.2, -0.15) is 0 Å². The maximum atomic E-state index is 13.4. The van der Waals surface area contributed by atoms with Crippen molar-refractivity contribution in [1.29, 1.82) is 0 Å². The van der Waals surface area contributed by atoms with Gasteiger partial charge in [0.1, 0.15) is 0 Å². The molecule has 1 amide bonds. The van der Waals surface area contributed by atoms with Crippen LogP contribution >= 0.6 is 0 Å². The van der Waals surface area contributed by atoms with Gasteiger partial charge in [-0.25, -0.2) is 4.68 Å². The number of nitrogens with one attached hydrogen (secondary N) is 1. The van der Waals surface area contributed by atoms with Crippen LogP contribution in [-0.2, 0) is 4.74 Å². The highest BCUT2D eigenvalue weighted by molar-refractivity contribution is 5.93. The summed E-state index contributed by atoms with van der Waals surface area (Å²) in [6.45, 7) is 5.51. The summed E-state index contributed by atoms with van der Waals surface area (Å²) in [5.74, 6) is 0.0464. The van der Waals surface area contributed by atoms with Gasteiger partial charge in [-0.1, -0.05) is 18.1 Å². The number of piperidine rings is 1. The standard InChI is InChI=1S/C19H31N5O2/c1-14-18(21-22-24(14)16-8-10-20-11-9-16)19(25)23(15-5-2-3-6-15)13-17-7-4-12-26-17/h15-17,20H,2-13H2,1H3. The molecule has 3 aliphatic rings. The molecule has 1 unspecified atom stereocenters. The highest BCUT2D eigenvalue weighted by Gasteiger charge is 2.33. The molecule has 3 fully saturated rings. The molecule has 0 bridgehead atoms. The minimum absolute atomic E-state index is 0.0464. The van der Waals surface area contributed by atoms with E-state index in [2.05, 4.69) is 15.6 Å². The van der Waals surface area contributed by atoms with Crippen LogP contribution in [-0.4, -0.2) is 64.2 Å². The molecule has 2 aliphatic heterocycles. The van der Waals surface area contributed by atoms with Crippen molar-refractivity contribution < 1.29 is 9.53 Å². The summed E-state index contributed by atoms with van der Waals surface area (Å²) in [6.07, 6.45) is 9.03. The third-order valence-electron chi connectivity index (χ3n) is 6.24. The fourth-order valence-electron chi connectivity index (χ4n) is 4.69. The fourth-order valence-corrected chi connectivity index (χ4v) is 4.69. The van der Waals surface area contributed by atoms with Gasteiger partial charge in [-0.3, -0.25) is 4.79 Å². The molecule has 7 heteroatoms. The molecular formula is C19H31N5O2. The maximum Gasteiger partial charge on any atom is 0.276 e. The topological polar surface area (TPSA) is 72.3 Å². The van der Waals surface area contributed by atoms with E-state index in [1.165, 1.54) is 12.8 Å². The van der Waals surface area contributed by atoms with E-state index in [4.69, 9.17) is 4.74 Å². The molecule has 0 radical (unpaired) electrons. The number of aromatic nitrogens is 3. The molecular weight excluding hydrogens is 330 g/mol. The average Bonchev–Trinajstić information content (AvgIpc) is 3.42. The van der Waals surface area contributed by atoms with Crippen LogP contribution in [0.3, 0.4) is 0 Å². The Balaban J connectivity index is 1.53. The Kier molecular flexibility index (Phi) is 5.55. The predicted molar refractivity (Wildman–Crippen MR) is 98.2 cm³/mol. The average molecular weight is 361 g/mol. The Morgan fingerprint density at radius 1 is 1.19 bits per heavy atom. The van der Waals surface area contributed by atoms with Crippen molar-refractivity contribution >= 4 is 5.91 Å². The molecule has 0 aromatic carbocycles. The highest BCUT2D eigenvalue weighted by Crippen LogP contribution is 2.28. The van der Waals surface area contributed by atoms with Gasteiger partial charge in [-0.05, 0) is 58.5 Å². The second kappa shape index (κ2) is 8.05. The molecule has 4 rings (SSSR count). The minimum Gasteiger partial charge on any atom is -0.376 e. The van der Waals surface area contributed by atoms with Crippen LogP contribution in [0.4, 0.5) is 0 Å². The van der Waals surface area contributed by atoms with Crippen LogP contribution in [0.5, 0.6) is 0 Å². The second-order valence-electron chi connectivity index (χ2n) is 7.98. The fraction of sp³-hybridized carbons (Fsp3) is 0.842. The van der Waals surface area contributed by atoms with Gasteiger partial charge >= 0.3 is 0 Å². The zero-order valence-electron chi connectivity index (χ0n) is 15.8. The molecule has 7 nitrogen and oxygen atoms in total. The Hall–Kier alpha value is -1.47. The minimum atomic E-state index is 0.0464. The molecule has 144 valence electrons. The van der Waals surface area contributed by atoms with Gasteiger partial charge < -0.3 is 15.0 Å². The number of ether oxygens (including phenoxy) is 1. The Morgan fingerprint density at radius 3 is 2.65 bits per heavy atom. The lowest BCUT2D eigenvalue weighted by molar-refractivity contribution is 0.0415. The number of nitrogens with zero attached hydrogens (tertiary/aromatic N) is 4. The lowest BCUT2D eigenvalue weighted by atomic mass is 10.1. The van der Waals surface area contributed by atoms with Crippen molar-refractivity contribution in [3.63, 3.8) is 0 Å². The van der Waals surface area contributed by atoms with E-state index >= 15 is 0 Å². The number of carbonyl (C=O) groups is 1. The van der Waals surface area contributed by atoms with E-state index in [1.807, 2.05) is 16.5 Å². The van der Waals surface area contributed by atoms with Gasteiger partial charge in [0.15, 0.2) is 5.69 Å². The number of carbonyl (C=O) groups excluding carboxylic acids is 1. The summed E-state index contributed by atoms with van der Waals surface area (Å²) in [5, 5.41) is 12.1. The molecule has 1 aliphatic carbocycles. The van der Waals surface area contributed by atoms with Gasteiger partial charge in [-0.15, -0.1) is 5.10 Å². The van der Waals surface area contributed by atoms with Crippen molar-refractivity contribution in [1.82, 2.24) is 25.2 Å². The van der Waals surface area contributed by atoms with Crippen LogP contribution in [0.2, 0.25) is 0 Å². The normalized spacial score (nSPS) is 25.0. The summed E-state index contributed by atoms with van der Waals surface area (Å²) in [6, 6.07) is 0.679. The van der Waals surface area contributed by atoms with Crippen LogP contribution in [0.15, 0.2) is 0 Å². The summed E-state index contributed by atoms with van der Waals surface area (Å²) in [5.41, 5.74) is 1.45. The first-order valence-electron chi connectivity index (χ1n) is 10.3. The Bertz CT molecular complexity index is 613. The van der Waals surface area contributed by atoms with Crippen molar-refractivity contribution in [2.45, 2.75) is 76.5 Å². The van der Waals surface area contributed by atoms with Gasteiger partial charge in [0, 0.05) is 19.2 Å². The summed E-state index contributed by atoms with van der Waals surface area (Å²) < 4.78 is 7.80. The van der Waals surface area contributed by atoms with E-state index in [1.54, 1.807) is 0 Å². The Labute approximate surface area is 155 Å². The van der Waals surface area contributed by atoms with Crippen LogP contribution in [0.25, 0.3) is 0 Å². The van der Waals surface area contributed by atoms with E-state index in [-0.39, 0.29) is 12.0 Å². The van der Waals surface area contributed by atoms with Crippen molar-refractivity contribution in [3.8, 4) is 0 Å². The van der Waals surface area contributed by atoms with Gasteiger partial charge in [0.05, 0.1) is 17.8 Å². The van der Waals surface area contributed by atoms with Gasteiger partial charge in [0.2, 0.25) is 0 Å². The summed E-state index contributed by atoms with van der Waals surface area (Å²) in [7, 11) is 0. The quantitative estimate of drug-likeness (QED) is 0.869. The van der Waals surface area contributed by atoms with E-state index in [0.717, 1.165) is 63.9 Å². The first-order chi connectivity index (χ1) is 12.7. The molecule has 2 saturated heterocycles. The van der Waals surface area contributed by atoms with E-state index in [0.29, 0.717) is 24.3 Å². The highest BCUT2D eigenvalue weighted by atomic mass is 16.5. The summed E-state index contributed by atoms with van der Waals surface area (Å²) in [4.78, 5) is 15.4. The smallest absolute Gasteiger partial charge is 0.276 e. The second-order valence-corrected chi connectivity index (χ2v) is 7.98. The van der Waals surface area contributed by atoms with Crippen LogP contribution in [0.1, 0.15) is 73.6 Å². The first-order valence-corrected chi connectivity index (χ1v) is 10.3. The lowest BCUT2D eigenvalue weighted by Crippen LogP contribution is -2.44. The predicted octanol–water partition coefficient (Wildman–Crippen LogP) is 2.07. The number of amides is 1. The largest absolute Gasteiger partial charge is 0.376 e. The SMILES string of the molecule is Cc1c(C(=O)N(CC2CCCO2)C2CCCC2)nnn1C1CCNCC1. The monoisotopic (exact) mass is 361 g/mol. The van der Waals surface area contributed by atoms with Crippen LogP contribution in [0, 0.1) is 6.92 Å². The number of rotatable bonds is 5. The zero-order chi connectivity index (χ0) is 17.9. The molecule has 1 aromatic heterocycles. The molecule has 1 N–H and O–H groups in total. The van der Waals surface area contributed by atoms with E-state index in [9.17, 15) is 4.79 Å². The molecule has 1 aromatic rings. The molecule has 1 saturated carbocycles. The third-order valence-corrected chi connectivity index (χ3v) is 6.24. The third kappa shape index (κ3) is 3.64. The van der Waals surface area contributed by atoms with Crippen molar-refractivity contribution in [3.05, 3.63) is 11.4 Å². The first kappa shape index (κ1) is 17.9. The Morgan fingerprint density at radius 2 is 1.96 bits per heavy atom. The molecule has 26 heavy (non-hydrogen) atoms. The van der Waals surface area contributed by atoms with E-state index < -0.39 is 0 Å². The molecule has 0 spiro atoms. The maximum absolute atomic E-state index is 13.4. The summed E-state index contributed by atoms with van der Waals surface area (Å²) >= 11 is 0. The van der Waals surface area contributed by atoms with Crippen molar-refractivity contribution in [2.75, 3.05) is 26.2 Å². The number of hydrogen-bond donors (Lipinski definition) is 1. The molecule has 3 heterocycles. The van der Waals surface area contributed by atoms with Gasteiger partial charge in [0.25, 0.3) is 5.91 Å². The van der Waals surface area contributed by atoms with Crippen molar-refractivity contribution in [2.24, 2.45) is 0 Å². The molecule has 1 atom stereocenters. The zero-order valence-corrected chi connectivity index (χ0v) is 15.8. The lowest BCUT2D eigenvalue weighted by Gasteiger charge is -2.30. The number of hydrogen-bond acceptors (Lipinski definition) is 5. The van der Waals surface area contributed by atoms with Crippen LogP contribution < -0.4 is 5.32 Å².